The number of anilines is 1. The van der Waals surface area contributed by atoms with Crippen molar-refractivity contribution in [1.82, 2.24) is 0 Å². The van der Waals surface area contributed by atoms with E-state index in [1.54, 1.807) is 37.9 Å². The number of esters is 1. The summed E-state index contributed by atoms with van der Waals surface area (Å²) >= 11 is 1.26. The first-order valence-corrected chi connectivity index (χ1v) is 10.3. The molecule has 0 aliphatic rings. The first kappa shape index (κ1) is 22.4. The van der Waals surface area contributed by atoms with Gasteiger partial charge in [0.15, 0.2) is 0 Å². The van der Waals surface area contributed by atoms with E-state index in [1.807, 2.05) is 0 Å². The molecule has 0 atom stereocenters. The number of thiophene rings is 1. The Balaban J connectivity index is 2.07. The van der Waals surface area contributed by atoms with Gasteiger partial charge in [0, 0.05) is 36.2 Å². The molecule has 0 aliphatic carbocycles. The number of nitro benzene ring substituents is 1. The fraction of sp³-hybridized carbons (Fsp3) is 0.227. The van der Waals surface area contributed by atoms with Crippen LogP contribution in [-0.4, -0.2) is 24.5 Å². The van der Waals surface area contributed by atoms with E-state index in [9.17, 15) is 23.7 Å². The van der Waals surface area contributed by atoms with Gasteiger partial charge >= 0.3 is 5.97 Å². The van der Waals surface area contributed by atoms with Gasteiger partial charge in [0.25, 0.3) is 5.69 Å². The summed E-state index contributed by atoms with van der Waals surface area (Å²) in [5, 5.41) is 11.4. The van der Waals surface area contributed by atoms with Crippen LogP contribution in [0.5, 0.6) is 0 Å². The fourth-order valence-electron chi connectivity index (χ4n) is 3.21. The van der Waals surface area contributed by atoms with E-state index in [-0.39, 0.29) is 24.4 Å². The molecule has 0 fully saturated rings. The van der Waals surface area contributed by atoms with Crippen molar-refractivity contribution in [3.63, 3.8) is 0 Å². The molecular formula is C22H20F2N2O4S. The zero-order valence-electron chi connectivity index (χ0n) is 17.1. The summed E-state index contributed by atoms with van der Waals surface area (Å²) in [7, 11) is 1.64. The number of carbonyl (C=O) groups excluding carboxylic acids is 1. The third-order valence-corrected chi connectivity index (χ3v) is 6.21. The van der Waals surface area contributed by atoms with Gasteiger partial charge in [0.05, 0.1) is 17.1 Å². The average Bonchev–Trinajstić information content (AvgIpc) is 3.08. The third-order valence-electron chi connectivity index (χ3n) is 4.75. The predicted molar refractivity (Wildman–Crippen MR) is 116 cm³/mol. The van der Waals surface area contributed by atoms with Gasteiger partial charge in [0.2, 0.25) is 0 Å². The summed E-state index contributed by atoms with van der Waals surface area (Å²) in [4.78, 5) is 25.4. The summed E-state index contributed by atoms with van der Waals surface area (Å²) in [6.07, 6.45) is 0. The SMILES string of the molecule is CCOC(=O)c1c(N(C)Cc2c(F)cccc2F)sc(-c2ccc([N+](=O)[O-])cc2)c1C. The molecule has 0 saturated heterocycles. The number of halogens is 2. The maximum Gasteiger partial charge on any atom is 0.341 e. The average molecular weight is 446 g/mol. The van der Waals surface area contributed by atoms with Gasteiger partial charge in [-0.3, -0.25) is 10.1 Å². The van der Waals surface area contributed by atoms with Gasteiger partial charge in [0.1, 0.15) is 16.6 Å². The van der Waals surface area contributed by atoms with Crippen LogP contribution < -0.4 is 4.90 Å². The van der Waals surface area contributed by atoms with Gasteiger partial charge in [-0.05, 0) is 49.2 Å². The molecule has 0 bridgehead atoms. The van der Waals surface area contributed by atoms with Crippen LogP contribution in [0.4, 0.5) is 19.5 Å². The highest BCUT2D eigenvalue weighted by Gasteiger charge is 2.26. The lowest BCUT2D eigenvalue weighted by atomic mass is 10.1. The third kappa shape index (κ3) is 4.56. The molecular weight excluding hydrogens is 426 g/mol. The molecule has 6 nitrogen and oxygen atoms in total. The van der Waals surface area contributed by atoms with Crippen LogP contribution in [-0.2, 0) is 11.3 Å². The number of hydrogen-bond acceptors (Lipinski definition) is 6. The van der Waals surface area contributed by atoms with Gasteiger partial charge in [-0.15, -0.1) is 11.3 Å². The number of rotatable bonds is 7. The molecule has 0 amide bonds. The van der Waals surface area contributed by atoms with Crippen molar-refractivity contribution in [2.45, 2.75) is 20.4 Å². The molecule has 3 rings (SSSR count). The summed E-state index contributed by atoms with van der Waals surface area (Å²) in [5.41, 5.74) is 1.47. The second-order valence-electron chi connectivity index (χ2n) is 6.82. The van der Waals surface area contributed by atoms with E-state index < -0.39 is 22.5 Å². The Hall–Kier alpha value is -3.33. The molecule has 0 saturated carbocycles. The second-order valence-corrected chi connectivity index (χ2v) is 7.82. The normalized spacial score (nSPS) is 10.7. The summed E-state index contributed by atoms with van der Waals surface area (Å²) in [5.74, 6) is -1.89. The van der Waals surface area contributed by atoms with Crippen molar-refractivity contribution >= 4 is 28.0 Å². The number of carbonyl (C=O) groups is 1. The molecule has 0 unspecified atom stereocenters. The lowest BCUT2D eigenvalue weighted by Crippen LogP contribution is -2.20. The van der Waals surface area contributed by atoms with Crippen molar-refractivity contribution < 1.29 is 23.2 Å². The van der Waals surface area contributed by atoms with Gasteiger partial charge in [-0.1, -0.05) is 6.07 Å². The molecule has 0 N–H and O–H groups in total. The number of nitro groups is 1. The van der Waals surface area contributed by atoms with E-state index in [0.29, 0.717) is 26.6 Å². The molecule has 1 aromatic heterocycles. The lowest BCUT2D eigenvalue weighted by molar-refractivity contribution is -0.384. The van der Waals surface area contributed by atoms with Crippen LogP contribution >= 0.6 is 11.3 Å². The topological polar surface area (TPSA) is 72.7 Å². The number of ether oxygens (including phenoxy) is 1. The minimum absolute atomic E-state index is 0.0454. The number of benzene rings is 2. The van der Waals surface area contributed by atoms with Crippen molar-refractivity contribution in [1.29, 1.82) is 0 Å². The minimum atomic E-state index is -0.673. The van der Waals surface area contributed by atoms with Crippen LogP contribution in [0.3, 0.4) is 0 Å². The molecule has 162 valence electrons. The monoisotopic (exact) mass is 446 g/mol. The van der Waals surface area contributed by atoms with E-state index >= 15 is 0 Å². The standard InChI is InChI=1S/C22H20F2N2O4S/c1-4-30-22(27)19-13(2)20(14-8-10-15(11-9-14)26(28)29)31-21(19)25(3)12-16-17(23)6-5-7-18(16)24/h5-11H,4,12H2,1-3H3. The quantitative estimate of drug-likeness (QED) is 0.264. The minimum Gasteiger partial charge on any atom is -0.462 e. The highest BCUT2D eigenvalue weighted by atomic mass is 32.1. The van der Waals surface area contributed by atoms with E-state index in [2.05, 4.69) is 0 Å². The number of non-ortho nitro benzene ring substituents is 1. The predicted octanol–water partition coefficient (Wildman–Crippen LogP) is 5.72. The summed E-state index contributed by atoms with van der Waals surface area (Å²) in [6, 6.07) is 9.63. The first-order chi connectivity index (χ1) is 14.7. The van der Waals surface area contributed by atoms with E-state index in [1.165, 1.54) is 41.7 Å². The van der Waals surface area contributed by atoms with Gasteiger partial charge in [-0.25, -0.2) is 13.6 Å². The van der Waals surface area contributed by atoms with E-state index in [4.69, 9.17) is 4.74 Å². The Morgan fingerprint density at radius 3 is 2.32 bits per heavy atom. The fourth-order valence-corrected chi connectivity index (χ4v) is 4.47. The Labute approximate surface area is 181 Å². The molecule has 3 aromatic rings. The van der Waals surface area contributed by atoms with Crippen molar-refractivity contribution in [3.8, 4) is 10.4 Å². The highest BCUT2D eigenvalue weighted by Crippen LogP contribution is 2.42. The molecule has 9 heteroatoms. The maximum absolute atomic E-state index is 14.1. The van der Waals surface area contributed by atoms with Gasteiger partial charge in [-0.2, -0.15) is 0 Å². The Bertz CT molecular complexity index is 1110. The van der Waals surface area contributed by atoms with E-state index in [0.717, 1.165) is 0 Å². The molecule has 1 heterocycles. The Kier molecular flexibility index (Phi) is 6.65. The number of nitrogens with zero attached hydrogens (tertiary/aromatic N) is 2. The zero-order chi connectivity index (χ0) is 22.7. The molecule has 31 heavy (non-hydrogen) atoms. The largest absolute Gasteiger partial charge is 0.462 e. The summed E-state index contributed by atoms with van der Waals surface area (Å²) in [6.45, 7) is 3.52. The van der Waals surface area contributed by atoms with Crippen molar-refractivity contribution in [3.05, 3.63) is 80.9 Å². The van der Waals surface area contributed by atoms with Crippen molar-refractivity contribution in [2.24, 2.45) is 0 Å². The van der Waals surface area contributed by atoms with Crippen LogP contribution in [0, 0.1) is 28.7 Å². The smallest absolute Gasteiger partial charge is 0.341 e. The lowest BCUT2D eigenvalue weighted by Gasteiger charge is -2.20. The van der Waals surface area contributed by atoms with Crippen LogP contribution in [0.1, 0.15) is 28.4 Å². The van der Waals surface area contributed by atoms with Crippen LogP contribution in [0.25, 0.3) is 10.4 Å². The molecule has 0 aliphatic heterocycles. The van der Waals surface area contributed by atoms with Gasteiger partial charge < -0.3 is 9.64 Å². The van der Waals surface area contributed by atoms with Crippen molar-refractivity contribution in [2.75, 3.05) is 18.6 Å². The molecule has 0 spiro atoms. The molecule has 2 aromatic carbocycles. The maximum atomic E-state index is 14.1. The Morgan fingerprint density at radius 2 is 1.77 bits per heavy atom. The number of hydrogen-bond donors (Lipinski definition) is 0. The second kappa shape index (κ2) is 9.22. The first-order valence-electron chi connectivity index (χ1n) is 9.43. The molecule has 0 radical (unpaired) electrons. The highest BCUT2D eigenvalue weighted by molar-refractivity contribution is 7.20. The van der Waals surface area contributed by atoms with Crippen LogP contribution in [0.15, 0.2) is 42.5 Å². The Morgan fingerprint density at radius 1 is 1.16 bits per heavy atom. The van der Waals surface area contributed by atoms with Crippen LogP contribution in [0.2, 0.25) is 0 Å². The summed E-state index contributed by atoms with van der Waals surface area (Å²) < 4.78 is 33.5. The zero-order valence-corrected chi connectivity index (χ0v) is 18.0.